The van der Waals surface area contributed by atoms with Gasteiger partial charge in [0, 0.05) is 6.61 Å². The van der Waals surface area contributed by atoms with Crippen LogP contribution in [-0.2, 0) is 9.47 Å². The number of nitrogens with two attached hydrogens (primary N) is 1. The lowest BCUT2D eigenvalue weighted by atomic mass is 10.1. The van der Waals surface area contributed by atoms with E-state index in [9.17, 15) is 4.79 Å². The first-order chi connectivity index (χ1) is 9.11. The highest BCUT2D eigenvalue weighted by Crippen LogP contribution is 2.31. The minimum atomic E-state index is -0.555. The Morgan fingerprint density at radius 2 is 2.00 bits per heavy atom. The number of benzene rings is 1. The molecule has 0 saturated heterocycles. The average molecular weight is 288 g/mol. The number of rotatable bonds is 7. The largest absolute Gasteiger partial charge is 0.489 e. The highest BCUT2D eigenvalue weighted by Gasteiger charge is 2.18. The van der Waals surface area contributed by atoms with Crippen molar-refractivity contribution >= 4 is 23.3 Å². The molecule has 0 aliphatic heterocycles. The number of carbonyl (C=O) groups is 1. The van der Waals surface area contributed by atoms with Gasteiger partial charge in [0.1, 0.15) is 17.9 Å². The molecule has 0 saturated carbocycles. The van der Waals surface area contributed by atoms with Crippen molar-refractivity contribution in [3.8, 4) is 5.75 Å². The highest BCUT2D eigenvalue weighted by molar-refractivity contribution is 6.34. The van der Waals surface area contributed by atoms with Gasteiger partial charge >= 0.3 is 5.97 Å². The number of carbonyl (C=O) groups excluding carboxylic acids is 1. The van der Waals surface area contributed by atoms with Gasteiger partial charge < -0.3 is 19.9 Å². The highest BCUT2D eigenvalue weighted by atomic mass is 35.5. The Morgan fingerprint density at radius 3 is 2.63 bits per heavy atom. The molecule has 0 radical (unpaired) electrons. The molecule has 0 fully saturated rings. The van der Waals surface area contributed by atoms with Crippen LogP contribution in [0.5, 0.6) is 5.75 Å². The van der Waals surface area contributed by atoms with E-state index in [-0.39, 0.29) is 22.9 Å². The number of nitrogen functional groups attached to an aromatic ring is 1. The maximum atomic E-state index is 11.7. The molecule has 19 heavy (non-hydrogen) atoms. The summed E-state index contributed by atoms with van der Waals surface area (Å²) in [5, 5.41) is 0.244. The molecule has 0 aromatic heterocycles. The third kappa shape index (κ3) is 4.29. The van der Waals surface area contributed by atoms with Gasteiger partial charge in [-0.25, -0.2) is 4.79 Å². The van der Waals surface area contributed by atoms with Crippen molar-refractivity contribution in [2.75, 3.05) is 32.2 Å². The van der Waals surface area contributed by atoms with E-state index in [1.165, 1.54) is 0 Å². The molecule has 106 valence electrons. The lowest BCUT2D eigenvalue weighted by Gasteiger charge is -2.13. The van der Waals surface area contributed by atoms with Crippen LogP contribution in [0.4, 0.5) is 5.69 Å². The molecule has 2 N–H and O–H groups in total. The van der Waals surface area contributed by atoms with Crippen LogP contribution in [0.25, 0.3) is 0 Å². The zero-order chi connectivity index (χ0) is 14.3. The molecule has 0 heterocycles. The second kappa shape index (κ2) is 7.86. The second-order valence-corrected chi connectivity index (χ2v) is 4.01. The summed E-state index contributed by atoms with van der Waals surface area (Å²) in [4.78, 5) is 11.7. The first-order valence-electron chi connectivity index (χ1n) is 6.07. The van der Waals surface area contributed by atoms with E-state index in [2.05, 4.69) is 0 Å². The third-order valence-corrected chi connectivity index (χ3v) is 2.64. The SMILES string of the molecule is CCOCCOc1ccc(Cl)c(C(=O)OCC)c1N. The number of halogens is 1. The fourth-order valence-electron chi connectivity index (χ4n) is 1.47. The van der Waals surface area contributed by atoms with Gasteiger partial charge in [-0.05, 0) is 26.0 Å². The van der Waals surface area contributed by atoms with Crippen LogP contribution in [0.1, 0.15) is 24.2 Å². The summed E-state index contributed by atoms with van der Waals surface area (Å²) < 4.78 is 15.5. The smallest absolute Gasteiger partial charge is 0.341 e. The van der Waals surface area contributed by atoms with Crippen LogP contribution >= 0.6 is 11.6 Å². The van der Waals surface area contributed by atoms with Crippen molar-refractivity contribution in [1.29, 1.82) is 0 Å². The summed E-state index contributed by atoms with van der Waals surface area (Å²) in [5.41, 5.74) is 6.20. The predicted octanol–water partition coefficient (Wildman–Crippen LogP) is 2.51. The van der Waals surface area contributed by atoms with Gasteiger partial charge in [0.05, 0.1) is 23.9 Å². The van der Waals surface area contributed by atoms with Crippen molar-refractivity contribution in [1.82, 2.24) is 0 Å². The van der Waals surface area contributed by atoms with E-state index in [1.54, 1.807) is 19.1 Å². The number of esters is 1. The number of ether oxygens (including phenoxy) is 3. The molecule has 0 atom stereocenters. The average Bonchev–Trinajstić information content (AvgIpc) is 2.37. The molecule has 0 spiro atoms. The predicted molar refractivity (Wildman–Crippen MR) is 73.8 cm³/mol. The minimum absolute atomic E-state index is 0.137. The van der Waals surface area contributed by atoms with Crippen molar-refractivity contribution < 1.29 is 19.0 Å². The topological polar surface area (TPSA) is 70.8 Å². The Kier molecular flexibility index (Phi) is 6.45. The van der Waals surface area contributed by atoms with Gasteiger partial charge in [0.2, 0.25) is 0 Å². The summed E-state index contributed by atoms with van der Waals surface area (Å²) >= 11 is 5.95. The Balaban J connectivity index is 2.84. The van der Waals surface area contributed by atoms with Gasteiger partial charge in [0.15, 0.2) is 0 Å². The standard InChI is InChI=1S/C13H18ClNO4/c1-3-17-7-8-19-10-6-5-9(14)11(12(10)15)13(16)18-4-2/h5-6H,3-4,7-8,15H2,1-2H3. The molecule has 1 rings (SSSR count). The van der Waals surface area contributed by atoms with E-state index in [4.69, 9.17) is 31.5 Å². The van der Waals surface area contributed by atoms with E-state index >= 15 is 0 Å². The van der Waals surface area contributed by atoms with E-state index in [1.807, 2.05) is 6.92 Å². The summed E-state index contributed by atoms with van der Waals surface area (Å²) in [6, 6.07) is 3.17. The maximum Gasteiger partial charge on any atom is 0.341 e. The summed E-state index contributed by atoms with van der Waals surface area (Å²) in [5.74, 6) is -0.160. The quantitative estimate of drug-likeness (QED) is 0.474. The fraction of sp³-hybridized carbons (Fsp3) is 0.462. The first-order valence-corrected chi connectivity index (χ1v) is 6.45. The Hall–Kier alpha value is -1.46. The van der Waals surface area contributed by atoms with Crippen molar-refractivity contribution in [3.63, 3.8) is 0 Å². The lowest BCUT2D eigenvalue weighted by molar-refractivity contribution is 0.0527. The van der Waals surface area contributed by atoms with Crippen LogP contribution in [0.3, 0.4) is 0 Å². The summed E-state index contributed by atoms with van der Waals surface area (Å²) in [7, 11) is 0. The Morgan fingerprint density at radius 1 is 1.26 bits per heavy atom. The van der Waals surface area contributed by atoms with E-state index in [0.717, 1.165) is 0 Å². The van der Waals surface area contributed by atoms with E-state index in [0.29, 0.717) is 25.6 Å². The molecular weight excluding hydrogens is 270 g/mol. The van der Waals surface area contributed by atoms with Crippen LogP contribution in [-0.4, -0.2) is 32.4 Å². The molecular formula is C13H18ClNO4. The van der Waals surface area contributed by atoms with Gasteiger partial charge in [-0.2, -0.15) is 0 Å². The molecule has 1 aromatic carbocycles. The van der Waals surface area contributed by atoms with Crippen molar-refractivity contribution in [3.05, 3.63) is 22.7 Å². The van der Waals surface area contributed by atoms with Gasteiger partial charge in [-0.3, -0.25) is 0 Å². The minimum Gasteiger partial charge on any atom is -0.489 e. The number of anilines is 1. The number of hydrogen-bond acceptors (Lipinski definition) is 5. The monoisotopic (exact) mass is 287 g/mol. The van der Waals surface area contributed by atoms with Gasteiger partial charge in [-0.15, -0.1) is 0 Å². The zero-order valence-corrected chi connectivity index (χ0v) is 11.8. The van der Waals surface area contributed by atoms with Crippen LogP contribution in [0.15, 0.2) is 12.1 Å². The fourth-order valence-corrected chi connectivity index (χ4v) is 1.71. The van der Waals surface area contributed by atoms with Crippen LogP contribution in [0, 0.1) is 0 Å². The van der Waals surface area contributed by atoms with Crippen molar-refractivity contribution in [2.24, 2.45) is 0 Å². The maximum absolute atomic E-state index is 11.7. The molecule has 0 aliphatic carbocycles. The number of hydrogen-bond donors (Lipinski definition) is 1. The Bertz CT molecular complexity index is 437. The third-order valence-electron chi connectivity index (χ3n) is 2.32. The molecule has 0 aliphatic rings. The van der Waals surface area contributed by atoms with E-state index < -0.39 is 5.97 Å². The zero-order valence-electron chi connectivity index (χ0n) is 11.1. The summed E-state index contributed by atoms with van der Waals surface area (Å²) in [6.07, 6.45) is 0. The molecule has 0 amide bonds. The second-order valence-electron chi connectivity index (χ2n) is 3.60. The van der Waals surface area contributed by atoms with Crippen LogP contribution in [0.2, 0.25) is 5.02 Å². The molecule has 6 heteroatoms. The first kappa shape index (κ1) is 15.6. The van der Waals surface area contributed by atoms with Gasteiger partial charge in [-0.1, -0.05) is 11.6 Å². The lowest BCUT2D eigenvalue weighted by Crippen LogP contribution is -2.12. The van der Waals surface area contributed by atoms with Crippen molar-refractivity contribution in [2.45, 2.75) is 13.8 Å². The van der Waals surface area contributed by atoms with Crippen LogP contribution < -0.4 is 10.5 Å². The van der Waals surface area contributed by atoms with Gasteiger partial charge in [0.25, 0.3) is 0 Å². The molecule has 0 bridgehead atoms. The Labute approximate surface area is 117 Å². The summed E-state index contributed by atoms with van der Waals surface area (Å²) in [6.45, 7) is 5.28. The molecule has 0 unspecified atom stereocenters. The normalized spacial score (nSPS) is 10.3. The molecule has 1 aromatic rings. The molecule has 5 nitrogen and oxygen atoms in total.